The lowest BCUT2D eigenvalue weighted by atomic mass is 10.2. The second-order valence-electron chi connectivity index (χ2n) is 4.12. The van der Waals surface area contributed by atoms with Gasteiger partial charge in [0.1, 0.15) is 0 Å². The van der Waals surface area contributed by atoms with Gasteiger partial charge in [-0.1, -0.05) is 23.2 Å². The van der Waals surface area contributed by atoms with E-state index in [0.717, 1.165) is 9.25 Å². The van der Waals surface area contributed by atoms with Gasteiger partial charge in [0, 0.05) is 12.1 Å². The maximum absolute atomic E-state index is 13.0. The van der Waals surface area contributed by atoms with E-state index in [0.29, 0.717) is 10.6 Å². The number of aromatic nitrogens is 3. The molecule has 1 aromatic carbocycles. The number of halogens is 5. The summed E-state index contributed by atoms with van der Waals surface area (Å²) in [7, 11) is 1.33. The van der Waals surface area contributed by atoms with E-state index in [9.17, 15) is 13.2 Å². The second kappa shape index (κ2) is 5.05. The van der Waals surface area contributed by atoms with Crippen LogP contribution in [0.4, 0.5) is 13.2 Å². The van der Waals surface area contributed by atoms with Crippen molar-refractivity contribution >= 4 is 35.4 Å². The fraction of sp³-hybridized carbons (Fsp3) is 0.273. The minimum Gasteiger partial charge on any atom is -0.263 e. The molecule has 0 atom stereocenters. The van der Waals surface area contributed by atoms with E-state index in [1.165, 1.54) is 19.2 Å². The predicted octanol–water partition coefficient (Wildman–Crippen LogP) is 4.57. The summed E-state index contributed by atoms with van der Waals surface area (Å²) in [5.41, 5.74) is 0.706. The highest BCUT2D eigenvalue weighted by atomic mass is 35.5. The van der Waals surface area contributed by atoms with Gasteiger partial charge in [0.2, 0.25) is 10.6 Å². The molecule has 1 heterocycles. The highest BCUT2D eigenvalue weighted by Crippen LogP contribution is 2.34. The smallest absolute Gasteiger partial charge is 0.263 e. The van der Waals surface area contributed by atoms with Crippen LogP contribution in [0.1, 0.15) is 11.4 Å². The Morgan fingerprint density at radius 2 is 1.80 bits per heavy atom. The molecule has 0 saturated carbocycles. The molecule has 2 aromatic rings. The predicted molar refractivity (Wildman–Crippen MR) is 73.1 cm³/mol. The molecule has 0 aliphatic rings. The monoisotopic (exact) mass is 341 g/mol. The lowest BCUT2D eigenvalue weighted by molar-refractivity contribution is -0.146. The van der Waals surface area contributed by atoms with Crippen molar-refractivity contribution in [3.8, 4) is 5.69 Å². The van der Waals surface area contributed by atoms with Crippen molar-refractivity contribution < 1.29 is 13.2 Å². The minimum absolute atomic E-state index is 0.0488. The van der Waals surface area contributed by atoms with Gasteiger partial charge >= 0.3 is 6.18 Å². The van der Waals surface area contributed by atoms with Crippen molar-refractivity contribution in [2.75, 3.05) is 0 Å². The molecule has 1 aromatic heterocycles. The number of rotatable bonds is 1. The van der Waals surface area contributed by atoms with E-state index in [1.807, 2.05) is 0 Å². The van der Waals surface area contributed by atoms with E-state index in [1.54, 1.807) is 6.92 Å². The Hall–Kier alpha value is -1.05. The largest absolute Gasteiger partial charge is 0.452 e. The van der Waals surface area contributed by atoms with Gasteiger partial charge in [0.15, 0.2) is 0 Å². The minimum atomic E-state index is -4.66. The van der Waals surface area contributed by atoms with E-state index >= 15 is 0 Å². The van der Waals surface area contributed by atoms with Crippen LogP contribution in [0.15, 0.2) is 12.1 Å². The molecule has 3 nitrogen and oxygen atoms in total. The van der Waals surface area contributed by atoms with Crippen molar-refractivity contribution in [2.45, 2.75) is 13.1 Å². The number of nitrogens with zero attached hydrogens (tertiary/aromatic N) is 3. The van der Waals surface area contributed by atoms with Crippen molar-refractivity contribution in [3.63, 3.8) is 0 Å². The van der Waals surface area contributed by atoms with Crippen molar-refractivity contribution in [1.82, 2.24) is 14.3 Å². The highest BCUT2D eigenvalue weighted by molar-refractivity contribution is 7.71. The molecule has 0 saturated heterocycles. The fourth-order valence-corrected chi connectivity index (χ4v) is 2.36. The lowest BCUT2D eigenvalue weighted by Crippen LogP contribution is -2.14. The second-order valence-corrected chi connectivity index (χ2v) is 5.30. The Kier molecular flexibility index (Phi) is 3.88. The number of hydrogen-bond acceptors (Lipinski definition) is 2. The number of aryl methyl sites for hydroxylation is 2. The molecule has 0 amide bonds. The molecule has 0 aliphatic carbocycles. The van der Waals surface area contributed by atoms with Gasteiger partial charge in [-0.05, 0) is 36.8 Å². The number of alkyl halides is 3. The van der Waals surface area contributed by atoms with Gasteiger partial charge in [0.25, 0.3) is 0 Å². The van der Waals surface area contributed by atoms with Crippen molar-refractivity contribution in [2.24, 2.45) is 7.05 Å². The summed E-state index contributed by atoms with van der Waals surface area (Å²) in [5.74, 6) is -1.15. The SMILES string of the molecule is Cc1cc(Cl)c(-n2c(C(F)(F)F)nn(C)c2=S)cc1Cl. The first-order valence-electron chi connectivity index (χ1n) is 5.32. The molecular weight excluding hydrogens is 334 g/mol. The normalized spacial score (nSPS) is 11.9. The van der Waals surface area contributed by atoms with Gasteiger partial charge in [-0.3, -0.25) is 4.57 Å². The molecule has 0 radical (unpaired) electrons. The van der Waals surface area contributed by atoms with E-state index in [-0.39, 0.29) is 15.5 Å². The zero-order valence-electron chi connectivity index (χ0n) is 10.3. The van der Waals surface area contributed by atoms with Crippen LogP contribution in [0.2, 0.25) is 10.0 Å². The average Bonchev–Trinajstić information content (AvgIpc) is 2.61. The third kappa shape index (κ3) is 2.57. The van der Waals surface area contributed by atoms with Crippen LogP contribution in [-0.4, -0.2) is 14.3 Å². The molecule has 0 fully saturated rings. The molecule has 0 unspecified atom stereocenters. The van der Waals surface area contributed by atoms with Gasteiger partial charge in [-0.15, -0.1) is 5.10 Å². The summed E-state index contributed by atoms with van der Waals surface area (Å²) in [5, 5.41) is 3.81. The standard InChI is InChI=1S/C11H8Cl2F3N3S/c1-5-3-7(13)8(4-6(5)12)19-9(11(14,15)16)17-18(2)10(19)20/h3-4H,1-2H3. The van der Waals surface area contributed by atoms with Crippen molar-refractivity contribution in [3.05, 3.63) is 38.3 Å². The zero-order chi connectivity index (χ0) is 15.2. The molecule has 0 spiro atoms. The summed E-state index contributed by atoms with van der Waals surface area (Å²) in [4.78, 5) is 0. The van der Waals surface area contributed by atoms with Crippen LogP contribution in [0.5, 0.6) is 0 Å². The van der Waals surface area contributed by atoms with Gasteiger partial charge in [-0.25, -0.2) is 4.68 Å². The fourth-order valence-electron chi connectivity index (χ4n) is 1.67. The molecule has 2 rings (SSSR count). The van der Waals surface area contributed by atoms with Crippen LogP contribution < -0.4 is 0 Å². The Balaban J connectivity index is 2.83. The maximum atomic E-state index is 13.0. The van der Waals surface area contributed by atoms with Crippen LogP contribution in [0.3, 0.4) is 0 Å². The third-order valence-electron chi connectivity index (χ3n) is 2.65. The molecule has 108 valence electrons. The Morgan fingerprint density at radius 1 is 1.20 bits per heavy atom. The van der Waals surface area contributed by atoms with Gasteiger partial charge in [0.05, 0.1) is 10.7 Å². The molecule has 0 aliphatic heterocycles. The lowest BCUT2D eigenvalue weighted by Gasteiger charge is -2.12. The number of benzene rings is 1. The first-order chi connectivity index (χ1) is 9.12. The van der Waals surface area contributed by atoms with Gasteiger partial charge in [-0.2, -0.15) is 13.2 Å². The van der Waals surface area contributed by atoms with E-state index in [2.05, 4.69) is 5.10 Å². The topological polar surface area (TPSA) is 22.8 Å². The van der Waals surface area contributed by atoms with E-state index < -0.39 is 12.0 Å². The molecule has 20 heavy (non-hydrogen) atoms. The van der Waals surface area contributed by atoms with Crippen molar-refractivity contribution in [1.29, 1.82) is 0 Å². The summed E-state index contributed by atoms with van der Waals surface area (Å²) >= 11 is 16.9. The quantitative estimate of drug-likeness (QED) is 0.709. The zero-order valence-corrected chi connectivity index (χ0v) is 12.6. The van der Waals surface area contributed by atoms with Crippen LogP contribution >= 0.6 is 35.4 Å². The summed E-state index contributed by atoms with van der Waals surface area (Å²) < 4.78 is 40.7. The average molecular weight is 342 g/mol. The first kappa shape index (κ1) is 15.3. The first-order valence-corrected chi connectivity index (χ1v) is 6.48. The summed E-state index contributed by atoms with van der Waals surface area (Å²) in [6, 6.07) is 2.82. The summed E-state index contributed by atoms with van der Waals surface area (Å²) in [6.07, 6.45) is -4.66. The third-order valence-corrected chi connectivity index (χ3v) is 3.80. The molecule has 0 bridgehead atoms. The molecule has 0 N–H and O–H groups in total. The highest BCUT2D eigenvalue weighted by Gasteiger charge is 2.38. The Labute approximate surface area is 127 Å². The van der Waals surface area contributed by atoms with Crippen LogP contribution in [0.25, 0.3) is 5.69 Å². The number of hydrogen-bond donors (Lipinski definition) is 0. The van der Waals surface area contributed by atoms with Gasteiger partial charge < -0.3 is 0 Å². The van der Waals surface area contributed by atoms with E-state index in [4.69, 9.17) is 35.4 Å². The van der Waals surface area contributed by atoms with Crippen LogP contribution in [0, 0.1) is 11.7 Å². The van der Waals surface area contributed by atoms with Crippen LogP contribution in [-0.2, 0) is 13.2 Å². The molecule has 9 heteroatoms. The Morgan fingerprint density at radius 3 is 2.35 bits per heavy atom. The Bertz CT molecular complexity index is 734. The molecular formula is C11H8Cl2F3N3S. The summed E-state index contributed by atoms with van der Waals surface area (Å²) in [6.45, 7) is 1.70. The maximum Gasteiger partial charge on any atom is 0.452 e.